The minimum Gasteiger partial charge on any atom is -0.323 e. The lowest BCUT2D eigenvalue weighted by atomic mass is 10.1. The Kier molecular flexibility index (Phi) is 4.34. The Labute approximate surface area is 152 Å². The number of fused-ring (bicyclic) bond motifs is 1. The van der Waals surface area contributed by atoms with E-state index in [-0.39, 0.29) is 27.4 Å². The molecule has 2 aromatic carbocycles. The monoisotopic (exact) mass is 386 g/mol. The van der Waals surface area contributed by atoms with Gasteiger partial charge in [0.2, 0.25) is 5.91 Å². The molecule has 0 saturated heterocycles. The zero-order valence-electron chi connectivity index (χ0n) is 13.4. The first-order chi connectivity index (χ1) is 12.8. The lowest BCUT2D eigenvalue weighted by Gasteiger charge is -2.15. The molecule has 1 aliphatic rings. The maximum atomic E-state index is 12.4. The second-order valence-electron chi connectivity index (χ2n) is 5.46. The number of carbonyl (C=O) groups excluding carboxylic acids is 2. The number of nitrogens with zero attached hydrogens (tertiary/aromatic N) is 3. The van der Waals surface area contributed by atoms with Gasteiger partial charge >= 0.3 is 0 Å². The van der Waals surface area contributed by atoms with E-state index >= 15 is 0 Å². The van der Waals surface area contributed by atoms with Crippen molar-refractivity contribution in [3.05, 3.63) is 63.7 Å². The molecule has 1 aliphatic heterocycles. The summed E-state index contributed by atoms with van der Waals surface area (Å²) in [5.74, 6) is -1.70. The van der Waals surface area contributed by atoms with Crippen molar-refractivity contribution < 1.29 is 22.9 Å². The summed E-state index contributed by atoms with van der Waals surface area (Å²) < 4.78 is 25.3. The van der Waals surface area contributed by atoms with Crippen molar-refractivity contribution in [1.29, 1.82) is 5.26 Å². The minimum atomic E-state index is -4.15. The molecule has 27 heavy (non-hydrogen) atoms. The van der Waals surface area contributed by atoms with Crippen LogP contribution in [0.1, 0.15) is 15.9 Å². The van der Waals surface area contributed by atoms with E-state index in [0.29, 0.717) is 4.31 Å². The number of rotatable bonds is 4. The second-order valence-corrected chi connectivity index (χ2v) is 7.29. The number of hydrogen-bond acceptors (Lipinski definition) is 7. The number of sulfonamides is 1. The molecule has 0 aliphatic carbocycles. The van der Waals surface area contributed by atoms with Crippen LogP contribution in [0.3, 0.4) is 0 Å². The summed E-state index contributed by atoms with van der Waals surface area (Å²) in [6, 6.07) is 10.5. The summed E-state index contributed by atoms with van der Waals surface area (Å²) in [6.07, 6.45) is 0. The summed E-state index contributed by atoms with van der Waals surface area (Å²) >= 11 is 0. The molecule has 1 N–H and O–H groups in total. The van der Waals surface area contributed by atoms with Crippen molar-refractivity contribution in [2.75, 3.05) is 11.9 Å². The Bertz CT molecular complexity index is 1140. The highest BCUT2D eigenvalue weighted by molar-refractivity contribution is 7.90. The molecule has 11 heteroatoms. The first-order valence-electron chi connectivity index (χ1n) is 7.40. The van der Waals surface area contributed by atoms with E-state index in [1.54, 1.807) is 6.07 Å². The van der Waals surface area contributed by atoms with E-state index in [4.69, 9.17) is 5.26 Å². The maximum Gasteiger partial charge on any atom is 0.270 e. The van der Waals surface area contributed by atoms with Gasteiger partial charge in [-0.15, -0.1) is 0 Å². The quantitative estimate of drug-likeness (QED) is 0.613. The van der Waals surface area contributed by atoms with Crippen LogP contribution in [0, 0.1) is 21.4 Å². The number of amides is 2. The van der Waals surface area contributed by atoms with Gasteiger partial charge in [0.15, 0.2) is 0 Å². The van der Waals surface area contributed by atoms with Gasteiger partial charge in [0.25, 0.3) is 21.6 Å². The number of carbonyl (C=O) groups is 2. The largest absolute Gasteiger partial charge is 0.323 e. The first kappa shape index (κ1) is 18.0. The Morgan fingerprint density at radius 2 is 1.96 bits per heavy atom. The van der Waals surface area contributed by atoms with Crippen LogP contribution in [-0.2, 0) is 14.8 Å². The molecular formula is C16H10N4O6S. The van der Waals surface area contributed by atoms with Crippen molar-refractivity contribution in [3.63, 3.8) is 0 Å². The number of non-ortho nitro benzene ring substituents is 1. The minimum absolute atomic E-state index is 0.0293. The van der Waals surface area contributed by atoms with Crippen LogP contribution < -0.4 is 5.32 Å². The van der Waals surface area contributed by atoms with Crippen LogP contribution >= 0.6 is 0 Å². The number of nitriles is 1. The van der Waals surface area contributed by atoms with E-state index in [1.807, 2.05) is 0 Å². The molecule has 0 fully saturated rings. The normalized spacial score (nSPS) is 14.3. The Morgan fingerprint density at radius 3 is 2.59 bits per heavy atom. The molecule has 0 unspecified atom stereocenters. The fraction of sp³-hybridized carbons (Fsp3) is 0.0625. The third-order valence-electron chi connectivity index (χ3n) is 3.81. The summed E-state index contributed by atoms with van der Waals surface area (Å²) in [7, 11) is -4.15. The lowest BCUT2D eigenvalue weighted by molar-refractivity contribution is -0.384. The van der Waals surface area contributed by atoms with Gasteiger partial charge in [-0.1, -0.05) is 12.1 Å². The zero-order valence-corrected chi connectivity index (χ0v) is 14.3. The Morgan fingerprint density at radius 1 is 1.26 bits per heavy atom. The highest BCUT2D eigenvalue weighted by atomic mass is 32.2. The molecule has 0 atom stereocenters. The molecule has 2 amide bonds. The number of nitrogens with one attached hydrogen (secondary N) is 1. The first-order valence-corrected chi connectivity index (χ1v) is 8.84. The third kappa shape index (κ3) is 3.09. The average molecular weight is 386 g/mol. The van der Waals surface area contributed by atoms with Crippen molar-refractivity contribution in [2.24, 2.45) is 0 Å². The van der Waals surface area contributed by atoms with Crippen LogP contribution in [0.25, 0.3) is 0 Å². The van der Waals surface area contributed by atoms with Crippen LogP contribution in [0.2, 0.25) is 0 Å². The van der Waals surface area contributed by atoms with Gasteiger partial charge in [-0.3, -0.25) is 19.7 Å². The third-order valence-corrected chi connectivity index (χ3v) is 5.59. The fourth-order valence-electron chi connectivity index (χ4n) is 2.55. The summed E-state index contributed by atoms with van der Waals surface area (Å²) in [5.41, 5.74) is -0.568. The van der Waals surface area contributed by atoms with Crippen molar-refractivity contribution in [1.82, 2.24) is 4.31 Å². The molecule has 0 spiro atoms. The van der Waals surface area contributed by atoms with Gasteiger partial charge in [0.1, 0.15) is 17.5 Å². The zero-order chi connectivity index (χ0) is 19.8. The van der Waals surface area contributed by atoms with Crippen LogP contribution in [0.5, 0.6) is 0 Å². The van der Waals surface area contributed by atoms with Crippen LogP contribution in [-0.4, -0.2) is 36.0 Å². The van der Waals surface area contributed by atoms with E-state index < -0.39 is 33.3 Å². The predicted molar refractivity (Wildman–Crippen MR) is 91.1 cm³/mol. The highest BCUT2D eigenvalue weighted by Crippen LogP contribution is 2.29. The smallest absolute Gasteiger partial charge is 0.270 e. The topological polar surface area (TPSA) is 150 Å². The number of nitro benzene ring substituents is 1. The average Bonchev–Trinajstić information content (AvgIpc) is 2.83. The molecule has 10 nitrogen and oxygen atoms in total. The summed E-state index contributed by atoms with van der Waals surface area (Å²) in [5, 5.41) is 22.1. The molecule has 2 aromatic rings. The van der Waals surface area contributed by atoms with Crippen LogP contribution in [0.15, 0.2) is 47.4 Å². The number of benzene rings is 2. The van der Waals surface area contributed by atoms with Gasteiger partial charge in [-0.25, -0.2) is 12.7 Å². The maximum absolute atomic E-state index is 12.4. The molecule has 136 valence electrons. The molecule has 0 bridgehead atoms. The number of nitro groups is 1. The summed E-state index contributed by atoms with van der Waals surface area (Å²) in [6.45, 7) is -0.794. The van der Waals surface area contributed by atoms with E-state index in [1.165, 1.54) is 24.3 Å². The Balaban J connectivity index is 1.83. The highest BCUT2D eigenvalue weighted by Gasteiger charge is 2.41. The molecule has 3 rings (SSSR count). The summed E-state index contributed by atoms with van der Waals surface area (Å²) in [4.78, 5) is 34.4. The standard InChI is InChI=1S/C16H10N4O6S/c17-8-10-7-11(20(23)24)5-6-13(10)18-15(21)9-19-16(22)12-3-1-2-4-14(12)27(19,25)26/h1-7H,9H2,(H,18,21). The molecule has 0 radical (unpaired) electrons. The second kappa shape index (κ2) is 6.50. The van der Waals surface area contributed by atoms with E-state index in [9.17, 15) is 28.1 Å². The number of hydrogen-bond donors (Lipinski definition) is 1. The SMILES string of the molecule is N#Cc1cc([N+](=O)[O-])ccc1NC(=O)CN1C(=O)c2ccccc2S1(=O)=O. The van der Waals surface area contributed by atoms with Gasteiger partial charge in [0, 0.05) is 12.1 Å². The van der Waals surface area contributed by atoms with Gasteiger partial charge < -0.3 is 5.32 Å². The van der Waals surface area contributed by atoms with Crippen molar-refractivity contribution >= 4 is 33.2 Å². The lowest BCUT2D eigenvalue weighted by Crippen LogP contribution is -2.37. The fourth-order valence-corrected chi connectivity index (χ4v) is 4.08. The van der Waals surface area contributed by atoms with E-state index in [0.717, 1.165) is 18.2 Å². The molecule has 0 aromatic heterocycles. The van der Waals surface area contributed by atoms with Gasteiger partial charge in [-0.2, -0.15) is 5.26 Å². The van der Waals surface area contributed by atoms with Gasteiger partial charge in [-0.05, 0) is 18.2 Å². The van der Waals surface area contributed by atoms with Crippen molar-refractivity contribution in [3.8, 4) is 6.07 Å². The van der Waals surface area contributed by atoms with Gasteiger partial charge in [0.05, 0.1) is 21.7 Å². The van der Waals surface area contributed by atoms with Crippen LogP contribution in [0.4, 0.5) is 11.4 Å². The Hall–Kier alpha value is -3.78. The molecular weight excluding hydrogens is 376 g/mol. The number of anilines is 1. The van der Waals surface area contributed by atoms with E-state index in [2.05, 4.69) is 5.32 Å². The predicted octanol–water partition coefficient (Wildman–Crippen LogP) is 1.25. The molecule has 1 heterocycles. The molecule has 0 saturated carbocycles. The van der Waals surface area contributed by atoms with Crippen molar-refractivity contribution in [2.45, 2.75) is 4.90 Å².